The minimum atomic E-state index is -1.19. The fourth-order valence-electron chi connectivity index (χ4n) is 2.87. The van der Waals surface area contributed by atoms with E-state index in [2.05, 4.69) is 106 Å². The summed E-state index contributed by atoms with van der Waals surface area (Å²) in [5, 5.41) is 14.6. The van der Waals surface area contributed by atoms with Crippen molar-refractivity contribution in [3.05, 3.63) is 74.9 Å². The van der Waals surface area contributed by atoms with E-state index in [4.69, 9.17) is 9.47 Å². The number of ether oxygens (including phenoxy) is 2. The zero-order chi connectivity index (χ0) is 27.3. The van der Waals surface area contributed by atoms with E-state index in [1.54, 1.807) is 24.3 Å². The van der Waals surface area contributed by atoms with Gasteiger partial charge >= 0.3 is 5.97 Å². The number of carboxylic acid groups (broad SMARTS) is 1. The lowest BCUT2D eigenvalue weighted by molar-refractivity contribution is -0.119. The third-order valence-corrected chi connectivity index (χ3v) is 7.71. The summed E-state index contributed by atoms with van der Waals surface area (Å²) in [7, 11) is 0. The van der Waals surface area contributed by atoms with Gasteiger partial charge in [0.25, 0.3) is 11.8 Å². The van der Waals surface area contributed by atoms with Gasteiger partial charge in [-0.3, -0.25) is 9.59 Å². The van der Waals surface area contributed by atoms with E-state index in [0.717, 1.165) is 8.95 Å². The Morgan fingerprint density at radius 2 is 1.05 bits per heavy atom. The molecular weight excluding hydrogens is 880 g/mol. The molecule has 14 heteroatoms. The first-order valence-corrected chi connectivity index (χ1v) is 14.7. The van der Waals surface area contributed by atoms with Crippen LogP contribution >= 0.6 is 95.6 Å². The summed E-state index contributed by atoms with van der Waals surface area (Å²) in [6.07, 6.45) is 0. The van der Waals surface area contributed by atoms with E-state index in [9.17, 15) is 19.5 Å². The SMILES string of the molecule is O=C(COc1c(Br)cc(Br)cc1Br)Nc1ccc(C(=O)O)cc1NC(=O)COc1c(Br)cc(Br)cc1Br. The highest BCUT2D eigenvalue weighted by Gasteiger charge is 2.17. The Morgan fingerprint density at radius 3 is 1.46 bits per heavy atom. The van der Waals surface area contributed by atoms with Crippen molar-refractivity contribution in [3.63, 3.8) is 0 Å². The number of nitrogens with one attached hydrogen (secondary N) is 2. The lowest BCUT2D eigenvalue weighted by Gasteiger charge is -2.15. The van der Waals surface area contributed by atoms with Gasteiger partial charge in [-0.15, -0.1) is 0 Å². The third-order valence-electron chi connectivity index (χ3n) is 4.44. The fourth-order valence-corrected chi connectivity index (χ4v) is 7.85. The van der Waals surface area contributed by atoms with Gasteiger partial charge in [-0.1, -0.05) is 31.9 Å². The van der Waals surface area contributed by atoms with E-state index in [1.807, 2.05) is 0 Å². The summed E-state index contributed by atoms with van der Waals surface area (Å²) >= 11 is 20.2. The number of hydrogen-bond acceptors (Lipinski definition) is 5. The third kappa shape index (κ3) is 8.52. The molecule has 0 bridgehead atoms. The molecule has 0 aliphatic rings. The molecule has 8 nitrogen and oxygen atoms in total. The smallest absolute Gasteiger partial charge is 0.335 e. The number of rotatable bonds is 9. The fraction of sp³-hybridized carbons (Fsp3) is 0.0870. The molecule has 194 valence electrons. The Balaban J connectivity index is 1.71. The van der Waals surface area contributed by atoms with Crippen LogP contribution < -0.4 is 20.1 Å². The van der Waals surface area contributed by atoms with Crippen LogP contribution in [0.4, 0.5) is 11.4 Å². The number of hydrogen-bond donors (Lipinski definition) is 3. The van der Waals surface area contributed by atoms with Gasteiger partial charge in [0, 0.05) is 8.95 Å². The van der Waals surface area contributed by atoms with Crippen LogP contribution in [0, 0.1) is 0 Å². The normalized spacial score (nSPS) is 10.5. The van der Waals surface area contributed by atoms with Gasteiger partial charge in [0.1, 0.15) is 11.5 Å². The van der Waals surface area contributed by atoms with Crippen LogP contribution in [0.1, 0.15) is 10.4 Å². The van der Waals surface area contributed by atoms with Crippen molar-refractivity contribution in [2.24, 2.45) is 0 Å². The maximum Gasteiger partial charge on any atom is 0.335 e. The predicted octanol–water partition coefficient (Wildman–Crippen LogP) is 7.99. The van der Waals surface area contributed by atoms with Crippen LogP contribution in [0.3, 0.4) is 0 Å². The first-order valence-electron chi connectivity index (χ1n) is 9.96. The topological polar surface area (TPSA) is 114 Å². The van der Waals surface area contributed by atoms with Gasteiger partial charge in [0.05, 0.1) is 34.8 Å². The Morgan fingerprint density at radius 1 is 0.649 bits per heavy atom. The minimum Gasteiger partial charge on any atom is -0.481 e. The Bertz CT molecular complexity index is 1340. The first kappa shape index (κ1) is 30.1. The molecule has 3 rings (SSSR count). The largest absolute Gasteiger partial charge is 0.481 e. The molecule has 2 amide bonds. The molecule has 0 spiro atoms. The van der Waals surface area contributed by atoms with Crippen molar-refractivity contribution in [2.75, 3.05) is 23.8 Å². The summed E-state index contributed by atoms with van der Waals surface area (Å²) in [6.45, 7) is -0.722. The average molecular weight is 894 g/mol. The van der Waals surface area contributed by atoms with Gasteiger partial charge in [-0.2, -0.15) is 0 Å². The van der Waals surface area contributed by atoms with Gasteiger partial charge in [0.2, 0.25) is 0 Å². The van der Waals surface area contributed by atoms with Gasteiger partial charge in [-0.05, 0) is 106 Å². The van der Waals surface area contributed by atoms with Crippen LogP contribution in [-0.4, -0.2) is 36.1 Å². The summed E-state index contributed by atoms with van der Waals surface area (Å²) in [5.41, 5.74) is 0.195. The second kappa shape index (κ2) is 13.6. The van der Waals surface area contributed by atoms with Crippen molar-refractivity contribution in [1.29, 1.82) is 0 Å². The molecule has 37 heavy (non-hydrogen) atoms. The molecule has 0 saturated carbocycles. The number of carbonyl (C=O) groups excluding carboxylic acids is 2. The quantitative estimate of drug-likeness (QED) is 0.201. The molecule has 0 unspecified atom stereocenters. The maximum absolute atomic E-state index is 12.6. The van der Waals surface area contributed by atoms with Crippen molar-refractivity contribution in [3.8, 4) is 11.5 Å². The number of amides is 2. The molecule has 3 N–H and O–H groups in total. The lowest BCUT2D eigenvalue weighted by atomic mass is 10.1. The summed E-state index contributed by atoms with van der Waals surface area (Å²) < 4.78 is 15.3. The van der Waals surface area contributed by atoms with Crippen LogP contribution in [0.15, 0.2) is 69.3 Å². The van der Waals surface area contributed by atoms with Gasteiger partial charge < -0.3 is 25.2 Å². The van der Waals surface area contributed by atoms with Crippen molar-refractivity contribution >= 4 is 125 Å². The molecule has 3 aromatic rings. The standard InChI is InChI=1S/C23H14Br6N2O6/c24-11-4-13(26)21(14(27)5-11)36-8-19(32)30-17-2-1-10(23(34)35)3-18(17)31-20(33)9-37-22-15(28)6-12(25)7-16(22)29/h1-7H,8-9H2,(H,30,32)(H,31,33)(H,34,35). The van der Waals surface area contributed by atoms with E-state index >= 15 is 0 Å². The zero-order valence-electron chi connectivity index (χ0n) is 18.2. The van der Waals surface area contributed by atoms with Crippen LogP contribution in [0.25, 0.3) is 0 Å². The highest BCUT2D eigenvalue weighted by molar-refractivity contribution is 9.12. The summed E-state index contributed by atoms with van der Waals surface area (Å²) in [6, 6.07) is 11.0. The number of aromatic carboxylic acids is 1. The Hall–Kier alpha value is -1.45. The number of halogens is 6. The molecule has 0 aromatic heterocycles. The Kier molecular flexibility index (Phi) is 11.0. The number of carboxylic acids is 1. The monoisotopic (exact) mass is 888 g/mol. The van der Waals surface area contributed by atoms with Gasteiger partial charge in [0.15, 0.2) is 13.2 Å². The van der Waals surface area contributed by atoms with Gasteiger partial charge in [-0.25, -0.2) is 4.79 Å². The van der Waals surface area contributed by atoms with E-state index in [-0.39, 0.29) is 30.2 Å². The molecule has 0 heterocycles. The van der Waals surface area contributed by atoms with Crippen LogP contribution in [-0.2, 0) is 9.59 Å². The van der Waals surface area contributed by atoms with E-state index in [0.29, 0.717) is 29.4 Å². The minimum absolute atomic E-state index is 0.0772. The molecule has 0 atom stereocenters. The second-order valence-electron chi connectivity index (χ2n) is 7.14. The van der Waals surface area contributed by atoms with Crippen LogP contribution in [0.5, 0.6) is 11.5 Å². The molecule has 0 aliphatic carbocycles. The van der Waals surface area contributed by atoms with Crippen LogP contribution in [0.2, 0.25) is 0 Å². The molecule has 0 aliphatic heterocycles. The predicted molar refractivity (Wildman–Crippen MR) is 161 cm³/mol. The second-order valence-corrected chi connectivity index (χ2v) is 12.4. The molecule has 3 aromatic carbocycles. The molecule has 0 saturated heterocycles. The molecular formula is C23H14Br6N2O6. The first-order chi connectivity index (χ1) is 17.4. The van der Waals surface area contributed by atoms with E-state index in [1.165, 1.54) is 18.2 Å². The maximum atomic E-state index is 12.6. The molecule has 0 fully saturated rings. The highest BCUT2D eigenvalue weighted by Crippen LogP contribution is 2.37. The number of carbonyl (C=O) groups is 3. The highest BCUT2D eigenvalue weighted by atomic mass is 79.9. The summed E-state index contributed by atoms with van der Waals surface area (Å²) in [4.78, 5) is 36.7. The average Bonchev–Trinajstić information content (AvgIpc) is 2.78. The summed E-state index contributed by atoms with van der Waals surface area (Å²) in [5.74, 6) is -1.46. The Labute approximate surface area is 261 Å². The number of benzene rings is 3. The zero-order valence-corrected chi connectivity index (χ0v) is 27.7. The van der Waals surface area contributed by atoms with E-state index < -0.39 is 17.8 Å². The lowest BCUT2D eigenvalue weighted by Crippen LogP contribution is -2.24. The number of anilines is 2. The van der Waals surface area contributed by atoms with Crippen molar-refractivity contribution < 1.29 is 29.0 Å². The van der Waals surface area contributed by atoms with Crippen molar-refractivity contribution in [2.45, 2.75) is 0 Å². The van der Waals surface area contributed by atoms with Crippen molar-refractivity contribution in [1.82, 2.24) is 0 Å². The molecule has 0 radical (unpaired) electrons.